The maximum Gasteiger partial charge on any atom is 0.279 e. The van der Waals surface area contributed by atoms with Crippen LogP contribution in [-0.2, 0) is 10.2 Å². The van der Waals surface area contributed by atoms with Crippen LogP contribution < -0.4 is 10.0 Å². The Hall–Kier alpha value is -0.680. The summed E-state index contributed by atoms with van der Waals surface area (Å²) in [6.07, 6.45) is 0. The number of rotatable bonds is 4. The Morgan fingerprint density at radius 1 is 1.53 bits per heavy atom. The van der Waals surface area contributed by atoms with Gasteiger partial charge in [-0.1, -0.05) is 0 Å². The van der Waals surface area contributed by atoms with E-state index in [0.29, 0.717) is 26.2 Å². The van der Waals surface area contributed by atoms with Gasteiger partial charge in [0, 0.05) is 32.7 Å². The summed E-state index contributed by atoms with van der Waals surface area (Å²) in [7, 11) is -3.40. The average molecular weight is 232 g/mol. The summed E-state index contributed by atoms with van der Waals surface area (Å²) in [5.74, 6) is -0.303. The molecule has 1 unspecified atom stereocenters. The van der Waals surface area contributed by atoms with E-state index in [0.717, 1.165) is 0 Å². The molecular formula is C8H16N4O2S. The van der Waals surface area contributed by atoms with E-state index >= 15 is 0 Å². The summed E-state index contributed by atoms with van der Waals surface area (Å²) in [5, 5.41) is 11.6. The van der Waals surface area contributed by atoms with Gasteiger partial charge in [-0.15, -0.1) is 0 Å². The van der Waals surface area contributed by atoms with Crippen molar-refractivity contribution < 1.29 is 8.42 Å². The first-order chi connectivity index (χ1) is 7.06. The van der Waals surface area contributed by atoms with Gasteiger partial charge in [0.2, 0.25) is 0 Å². The van der Waals surface area contributed by atoms with Gasteiger partial charge in [0.05, 0.1) is 12.0 Å². The Labute approximate surface area is 90.4 Å². The van der Waals surface area contributed by atoms with Gasteiger partial charge in [-0.25, -0.2) is 4.72 Å². The molecule has 1 aliphatic heterocycles. The first-order valence-corrected chi connectivity index (χ1v) is 6.35. The highest BCUT2D eigenvalue weighted by Gasteiger charge is 2.23. The van der Waals surface area contributed by atoms with Crippen LogP contribution in [0, 0.1) is 17.2 Å². The summed E-state index contributed by atoms with van der Waals surface area (Å²) >= 11 is 0. The molecule has 1 fully saturated rings. The molecule has 1 aliphatic rings. The van der Waals surface area contributed by atoms with E-state index in [4.69, 9.17) is 5.26 Å². The zero-order valence-corrected chi connectivity index (χ0v) is 9.55. The fraction of sp³-hybridized carbons (Fsp3) is 0.875. The maximum atomic E-state index is 11.7. The predicted octanol–water partition coefficient (Wildman–Crippen LogP) is -1.11. The summed E-state index contributed by atoms with van der Waals surface area (Å²) in [6.45, 7) is 4.17. The standard InChI is InChI=1S/C8H16N4O2S/c1-8(6-9)7-11-15(13,14)12-4-2-10-3-5-12/h8,10-11H,2-5,7H2,1H3. The van der Waals surface area contributed by atoms with E-state index < -0.39 is 10.2 Å². The lowest BCUT2D eigenvalue weighted by atomic mass is 10.2. The van der Waals surface area contributed by atoms with Crippen LogP contribution >= 0.6 is 0 Å². The molecule has 15 heavy (non-hydrogen) atoms. The van der Waals surface area contributed by atoms with Crippen molar-refractivity contribution in [2.75, 3.05) is 32.7 Å². The van der Waals surface area contributed by atoms with Gasteiger partial charge in [0.1, 0.15) is 0 Å². The van der Waals surface area contributed by atoms with Gasteiger partial charge in [-0.2, -0.15) is 18.0 Å². The van der Waals surface area contributed by atoms with E-state index in [1.54, 1.807) is 6.92 Å². The third-order valence-corrected chi connectivity index (χ3v) is 3.78. The molecule has 0 aromatic rings. The third-order valence-electron chi connectivity index (χ3n) is 2.21. The zero-order chi connectivity index (χ0) is 11.3. The molecule has 1 rings (SSSR count). The van der Waals surface area contributed by atoms with Crippen LogP contribution in [0.5, 0.6) is 0 Å². The van der Waals surface area contributed by atoms with Crippen molar-refractivity contribution in [1.82, 2.24) is 14.3 Å². The minimum atomic E-state index is -3.40. The van der Waals surface area contributed by atoms with Gasteiger partial charge in [-0.05, 0) is 6.92 Å². The second-order valence-corrected chi connectivity index (χ2v) is 5.29. The summed E-state index contributed by atoms with van der Waals surface area (Å²) in [6, 6.07) is 1.98. The lowest BCUT2D eigenvalue weighted by Crippen LogP contribution is -2.50. The number of nitrogens with one attached hydrogen (secondary N) is 2. The zero-order valence-electron chi connectivity index (χ0n) is 8.73. The van der Waals surface area contributed by atoms with E-state index in [1.165, 1.54) is 4.31 Å². The predicted molar refractivity (Wildman–Crippen MR) is 56.1 cm³/mol. The normalized spacial score (nSPS) is 20.8. The molecule has 1 saturated heterocycles. The first kappa shape index (κ1) is 12.4. The van der Waals surface area contributed by atoms with Gasteiger partial charge in [0.15, 0.2) is 0 Å². The number of nitriles is 1. The molecule has 0 spiro atoms. The number of hydrogen-bond acceptors (Lipinski definition) is 4. The quantitative estimate of drug-likeness (QED) is 0.643. The molecule has 0 aromatic carbocycles. The van der Waals surface area contributed by atoms with Crippen molar-refractivity contribution in [3.05, 3.63) is 0 Å². The fourth-order valence-corrected chi connectivity index (χ4v) is 2.56. The van der Waals surface area contributed by atoms with Crippen molar-refractivity contribution in [2.45, 2.75) is 6.92 Å². The van der Waals surface area contributed by atoms with Crippen molar-refractivity contribution in [2.24, 2.45) is 5.92 Å². The number of hydrogen-bond donors (Lipinski definition) is 2. The van der Waals surface area contributed by atoms with Crippen LogP contribution in [0.4, 0.5) is 0 Å². The lowest BCUT2D eigenvalue weighted by molar-refractivity contribution is 0.354. The number of nitrogens with zero attached hydrogens (tertiary/aromatic N) is 2. The molecule has 0 amide bonds. The molecule has 0 saturated carbocycles. The Balaban J connectivity index is 2.47. The van der Waals surface area contributed by atoms with Crippen molar-refractivity contribution >= 4 is 10.2 Å². The minimum Gasteiger partial charge on any atom is -0.314 e. The van der Waals surface area contributed by atoms with Gasteiger partial charge >= 0.3 is 0 Å². The van der Waals surface area contributed by atoms with E-state index in [9.17, 15) is 8.42 Å². The molecular weight excluding hydrogens is 216 g/mol. The van der Waals surface area contributed by atoms with Gasteiger partial charge in [-0.3, -0.25) is 0 Å². The van der Waals surface area contributed by atoms with Crippen LogP contribution in [-0.4, -0.2) is 45.4 Å². The molecule has 1 atom stereocenters. The summed E-state index contributed by atoms with van der Waals surface area (Å²) in [5.41, 5.74) is 0. The molecule has 7 heteroatoms. The molecule has 86 valence electrons. The third kappa shape index (κ3) is 3.76. The van der Waals surface area contributed by atoms with Crippen LogP contribution in [0.25, 0.3) is 0 Å². The van der Waals surface area contributed by atoms with Crippen molar-refractivity contribution in [3.8, 4) is 6.07 Å². The topological polar surface area (TPSA) is 85.2 Å². The Kier molecular flexibility index (Phi) is 4.47. The van der Waals surface area contributed by atoms with E-state index in [1.807, 2.05) is 6.07 Å². The van der Waals surface area contributed by atoms with Crippen LogP contribution in [0.2, 0.25) is 0 Å². The molecule has 1 heterocycles. The minimum absolute atomic E-state index is 0.169. The van der Waals surface area contributed by atoms with E-state index in [-0.39, 0.29) is 12.5 Å². The van der Waals surface area contributed by atoms with Crippen molar-refractivity contribution in [3.63, 3.8) is 0 Å². The average Bonchev–Trinajstić information content (AvgIpc) is 2.27. The van der Waals surface area contributed by atoms with Crippen molar-refractivity contribution in [1.29, 1.82) is 5.26 Å². The molecule has 6 nitrogen and oxygen atoms in total. The molecule has 0 bridgehead atoms. The molecule has 2 N–H and O–H groups in total. The Bertz CT molecular complexity index is 329. The smallest absolute Gasteiger partial charge is 0.279 e. The molecule has 0 aromatic heterocycles. The highest BCUT2D eigenvalue weighted by molar-refractivity contribution is 7.87. The monoisotopic (exact) mass is 232 g/mol. The lowest BCUT2D eigenvalue weighted by Gasteiger charge is -2.26. The highest BCUT2D eigenvalue weighted by atomic mass is 32.2. The van der Waals surface area contributed by atoms with Crippen LogP contribution in [0.3, 0.4) is 0 Å². The van der Waals surface area contributed by atoms with Crippen LogP contribution in [0.1, 0.15) is 6.92 Å². The molecule has 0 radical (unpaired) electrons. The van der Waals surface area contributed by atoms with Gasteiger partial charge in [0.25, 0.3) is 10.2 Å². The highest BCUT2D eigenvalue weighted by Crippen LogP contribution is 2.00. The Morgan fingerprint density at radius 3 is 2.67 bits per heavy atom. The maximum absolute atomic E-state index is 11.7. The second-order valence-electron chi connectivity index (χ2n) is 3.53. The second kappa shape index (κ2) is 5.42. The van der Waals surface area contributed by atoms with Gasteiger partial charge < -0.3 is 5.32 Å². The first-order valence-electron chi connectivity index (χ1n) is 4.91. The number of piperazine rings is 1. The SMILES string of the molecule is CC(C#N)CNS(=O)(=O)N1CCNCC1. The molecule has 0 aliphatic carbocycles. The summed E-state index contributed by atoms with van der Waals surface area (Å²) in [4.78, 5) is 0. The van der Waals surface area contributed by atoms with Crippen LogP contribution in [0.15, 0.2) is 0 Å². The summed E-state index contributed by atoms with van der Waals surface area (Å²) < 4.78 is 27.2. The Morgan fingerprint density at radius 2 is 2.13 bits per heavy atom. The largest absolute Gasteiger partial charge is 0.314 e. The van der Waals surface area contributed by atoms with E-state index in [2.05, 4.69) is 10.0 Å². The fourth-order valence-electron chi connectivity index (χ4n) is 1.25.